The Balaban J connectivity index is 1.55. The fourth-order valence-electron chi connectivity index (χ4n) is 5.46. The number of hydrogen-bond acceptors (Lipinski definition) is 7. The summed E-state index contributed by atoms with van der Waals surface area (Å²) in [6.07, 6.45) is 5.06. The number of nitrogens with one attached hydrogen (secondary N) is 1. The van der Waals surface area contributed by atoms with Gasteiger partial charge in [-0.05, 0) is 50.8 Å². The van der Waals surface area contributed by atoms with E-state index >= 15 is 4.39 Å². The number of rotatable bonds is 4. The summed E-state index contributed by atoms with van der Waals surface area (Å²) in [5.41, 5.74) is 1.03. The zero-order valence-electron chi connectivity index (χ0n) is 18.7. The molecule has 3 N–H and O–H groups in total. The van der Waals surface area contributed by atoms with E-state index in [-0.39, 0.29) is 12.6 Å². The Morgan fingerprint density at radius 2 is 2.03 bits per heavy atom. The van der Waals surface area contributed by atoms with Crippen LogP contribution in [0.3, 0.4) is 0 Å². The molecule has 1 aromatic heterocycles. The molecule has 1 aliphatic carbocycles. The maximum absolute atomic E-state index is 15.4. The predicted molar refractivity (Wildman–Crippen MR) is 125 cm³/mol. The summed E-state index contributed by atoms with van der Waals surface area (Å²) in [4.78, 5) is 13.4. The molecule has 5 rings (SSSR count). The standard InChI is InChI=1S/C24H28ClFN4O3/c1-23(2,32)21-24(6-3-4-7-24)14-9-13(10-16(26)20(14)29-21)19-15(25)11-27-22(30-19)28-17-5-8-33-12-18(17)31/h9-11,17-18,31-32H,3-8,12H2,1-2H3,(H,27,28,30)/t17-,18-/m1/s1. The number of halogens is 2. The van der Waals surface area contributed by atoms with E-state index in [1.54, 1.807) is 13.8 Å². The third-order valence-electron chi connectivity index (χ3n) is 6.95. The average molecular weight is 475 g/mol. The van der Waals surface area contributed by atoms with Gasteiger partial charge >= 0.3 is 0 Å². The molecule has 3 aliphatic rings. The number of aromatic nitrogens is 2. The molecule has 2 aliphatic heterocycles. The largest absolute Gasteiger partial charge is 0.389 e. The highest BCUT2D eigenvalue weighted by Gasteiger charge is 2.51. The zero-order valence-corrected chi connectivity index (χ0v) is 19.5. The van der Waals surface area contributed by atoms with Gasteiger partial charge in [-0.15, -0.1) is 0 Å². The number of benzene rings is 1. The monoisotopic (exact) mass is 474 g/mol. The van der Waals surface area contributed by atoms with E-state index in [4.69, 9.17) is 16.3 Å². The van der Waals surface area contributed by atoms with Gasteiger partial charge in [0, 0.05) is 17.6 Å². The lowest BCUT2D eigenvalue weighted by Crippen LogP contribution is -2.44. The van der Waals surface area contributed by atoms with Crippen molar-refractivity contribution >= 4 is 28.9 Å². The van der Waals surface area contributed by atoms with Crippen LogP contribution in [-0.2, 0) is 10.2 Å². The number of ether oxygens (including phenoxy) is 1. The van der Waals surface area contributed by atoms with E-state index in [1.807, 2.05) is 6.07 Å². The molecule has 33 heavy (non-hydrogen) atoms. The first-order chi connectivity index (χ1) is 15.7. The van der Waals surface area contributed by atoms with Gasteiger partial charge in [0.25, 0.3) is 0 Å². The van der Waals surface area contributed by atoms with Crippen molar-refractivity contribution in [2.24, 2.45) is 4.99 Å². The second kappa shape index (κ2) is 8.27. The van der Waals surface area contributed by atoms with E-state index in [0.29, 0.717) is 46.7 Å². The number of fused-ring (bicyclic) bond motifs is 2. The molecule has 1 spiro atoms. The summed E-state index contributed by atoms with van der Waals surface area (Å²) in [5.74, 6) is -0.151. The smallest absolute Gasteiger partial charge is 0.223 e. The van der Waals surface area contributed by atoms with Crippen molar-refractivity contribution in [1.82, 2.24) is 9.97 Å². The van der Waals surface area contributed by atoms with Gasteiger partial charge in [0.2, 0.25) is 5.95 Å². The Morgan fingerprint density at radius 3 is 2.73 bits per heavy atom. The van der Waals surface area contributed by atoms with E-state index < -0.39 is 22.9 Å². The number of aliphatic imine (C=N–C) groups is 1. The van der Waals surface area contributed by atoms with Crippen LogP contribution >= 0.6 is 11.6 Å². The molecule has 2 fully saturated rings. The summed E-state index contributed by atoms with van der Waals surface area (Å²) < 4.78 is 20.6. The minimum Gasteiger partial charge on any atom is -0.389 e. The first-order valence-electron chi connectivity index (χ1n) is 11.4. The van der Waals surface area contributed by atoms with Gasteiger partial charge in [0.15, 0.2) is 0 Å². The van der Waals surface area contributed by atoms with Crippen LogP contribution in [-0.4, -0.2) is 56.9 Å². The summed E-state index contributed by atoms with van der Waals surface area (Å²) in [5, 5.41) is 24.4. The Morgan fingerprint density at radius 1 is 1.27 bits per heavy atom. The Hall–Kier alpha value is -2.13. The van der Waals surface area contributed by atoms with Gasteiger partial charge in [-0.3, -0.25) is 4.99 Å². The van der Waals surface area contributed by atoms with Gasteiger partial charge in [-0.2, -0.15) is 0 Å². The lowest BCUT2D eigenvalue weighted by atomic mass is 9.71. The Kier molecular flexibility index (Phi) is 5.68. The molecule has 0 radical (unpaired) electrons. The van der Waals surface area contributed by atoms with Crippen LogP contribution in [0.2, 0.25) is 5.02 Å². The highest BCUT2D eigenvalue weighted by atomic mass is 35.5. The van der Waals surface area contributed by atoms with Crippen LogP contribution in [0.5, 0.6) is 0 Å². The predicted octanol–water partition coefficient (Wildman–Crippen LogP) is 4.17. The molecule has 7 nitrogen and oxygen atoms in total. The fraction of sp³-hybridized carbons (Fsp3) is 0.542. The van der Waals surface area contributed by atoms with Crippen LogP contribution in [0.15, 0.2) is 23.3 Å². The van der Waals surface area contributed by atoms with Crippen LogP contribution in [0.1, 0.15) is 51.5 Å². The van der Waals surface area contributed by atoms with Crippen molar-refractivity contribution in [2.75, 3.05) is 18.5 Å². The van der Waals surface area contributed by atoms with E-state index in [9.17, 15) is 10.2 Å². The highest BCUT2D eigenvalue weighted by molar-refractivity contribution is 6.33. The number of nitrogens with zero attached hydrogens (tertiary/aromatic N) is 3. The summed E-state index contributed by atoms with van der Waals surface area (Å²) >= 11 is 6.44. The molecule has 1 aromatic carbocycles. The van der Waals surface area contributed by atoms with Crippen molar-refractivity contribution in [1.29, 1.82) is 0 Å². The third-order valence-corrected chi connectivity index (χ3v) is 7.23. The van der Waals surface area contributed by atoms with Gasteiger partial charge < -0.3 is 20.3 Å². The minimum atomic E-state index is -1.15. The number of anilines is 1. The van der Waals surface area contributed by atoms with Gasteiger partial charge in [0.1, 0.15) is 11.5 Å². The Bertz CT molecular complexity index is 1110. The second-order valence-electron chi connectivity index (χ2n) is 9.73. The first kappa shape index (κ1) is 22.7. The lowest BCUT2D eigenvalue weighted by molar-refractivity contribution is -0.0136. The van der Waals surface area contributed by atoms with Crippen LogP contribution in [0.25, 0.3) is 11.3 Å². The summed E-state index contributed by atoms with van der Waals surface area (Å²) in [6, 6.07) is 3.06. The van der Waals surface area contributed by atoms with Crippen molar-refractivity contribution in [2.45, 2.75) is 69.1 Å². The Labute approximate surface area is 197 Å². The van der Waals surface area contributed by atoms with Crippen LogP contribution in [0.4, 0.5) is 16.0 Å². The summed E-state index contributed by atoms with van der Waals surface area (Å²) in [7, 11) is 0. The molecular formula is C24H28ClFN4O3. The van der Waals surface area contributed by atoms with Crippen molar-refractivity contribution in [3.05, 3.63) is 34.7 Å². The van der Waals surface area contributed by atoms with E-state index in [2.05, 4.69) is 20.3 Å². The number of aliphatic hydroxyl groups excluding tert-OH is 1. The molecule has 1 saturated carbocycles. The molecule has 1 saturated heterocycles. The number of aliphatic hydroxyl groups is 2. The first-order valence-corrected chi connectivity index (χ1v) is 11.8. The van der Waals surface area contributed by atoms with Crippen molar-refractivity contribution in [3.63, 3.8) is 0 Å². The van der Waals surface area contributed by atoms with Crippen LogP contribution in [0, 0.1) is 5.82 Å². The number of hydrogen-bond donors (Lipinski definition) is 3. The molecule has 0 unspecified atom stereocenters. The van der Waals surface area contributed by atoms with E-state index in [0.717, 1.165) is 31.2 Å². The van der Waals surface area contributed by atoms with E-state index in [1.165, 1.54) is 12.3 Å². The molecule has 2 atom stereocenters. The molecule has 9 heteroatoms. The molecule has 2 aromatic rings. The molecule has 0 amide bonds. The third kappa shape index (κ3) is 3.93. The van der Waals surface area contributed by atoms with Crippen molar-refractivity contribution < 1.29 is 19.3 Å². The SMILES string of the molecule is CC(C)(O)C1=Nc2c(F)cc(-c3nc(N[C@@H]4CCOC[C@H]4O)ncc3Cl)cc2C12CCCC2. The van der Waals surface area contributed by atoms with Gasteiger partial charge in [-0.25, -0.2) is 14.4 Å². The molecule has 3 heterocycles. The summed E-state index contributed by atoms with van der Waals surface area (Å²) in [6.45, 7) is 4.21. The maximum atomic E-state index is 15.4. The zero-order chi connectivity index (χ0) is 23.4. The highest BCUT2D eigenvalue weighted by Crippen LogP contribution is 2.54. The van der Waals surface area contributed by atoms with Gasteiger partial charge in [-0.1, -0.05) is 24.4 Å². The molecule has 0 bridgehead atoms. The molecule has 176 valence electrons. The quantitative estimate of drug-likeness (QED) is 0.615. The second-order valence-corrected chi connectivity index (χ2v) is 10.1. The average Bonchev–Trinajstić information content (AvgIpc) is 3.37. The van der Waals surface area contributed by atoms with Crippen molar-refractivity contribution in [3.8, 4) is 11.3 Å². The lowest BCUT2D eigenvalue weighted by Gasteiger charge is -2.33. The van der Waals surface area contributed by atoms with Gasteiger partial charge in [0.05, 0.1) is 47.0 Å². The minimum absolute atomic E-state index is 0.242. The maximum Gasteiger partial charge on any atom is 0.223 e. The topological polar surface area (TPSA) is 99.9 Å². The normalized spacial score (nSPS) is 24.1. The molecular weight excluding hydrogens is 447 g/mol. The fourth-order valence-corrected chi connectivity index (χ4v) is 5.66. The van der Waals surface area contributed by atoms with Crippen LogP contribution < -0.4 is 5.32 Å².